The smallest absolute Gasteiger partial charge is 0.246 e. The van der Waals surface area contributed by atoms with E-state index >= 15 is 0 Å². The van der Waals surface area contributed by atoms with Crippen molar-refractivity contribution in [2.24, 2.45) is 34.5 Å². The van der Waals surface area contributed by atoms with E-state index in [1.165, 1.54) is 4.90 Å². The number of hydrogen-bond donors (Lipinski definition) is 2. The van der Waals surface area contributed by atoms with Crippen molar-refractivity contribution in [1.29, 1.82) is 0 Å². The van der Waals surface area contributed by atoms with E-state index in [-0.39, 0.29) is 47.2 Å². The first-order chi connectivity index (χ1) is 13.0. The first-order valence-electron chi connectivity index (χ1n) is 10.8. The van der Waals surface area contributed by atoms with E-state index in [9.17, 15) is 14.7 Å². The van der Waals surface area contributed by atoms with Crippen LogP contribution in [0.2, 0.25) is 0 Å². The molecule has 3 rings (SSSR count). The van der Waals surface area contributed by atoms with E-state index in [1.807, 2.05) is 0 Å². The molecule has 0 aromatic carbocycles. The normalized spacial score (nSPS) is 41.3. The number of likely N-dealkylation sites (N-methyl/N-ethyl adjacent to an activating group) is 1. The van der Waals surface area contributed by atoms with Crippen molar-refractivity contribution in [3.63, 3.8) is 0 Å². The molecule has 0 aliphatic heterocycles. The van der Waals surface area contributed by atoms with Crippen molar-refractivity contribution in [3.05, 3.63) is 11.6 Å². The van der Waals surface area contributed by atoms with Gasteiger partial charge in [-0.2, -0.15) is 0 Å². The van der Waals surface area contributed by atoms with Crippen LogP contribution in [-0.2, 0) is 9.59 Å². The third-order valence-corrected chi connectivity index (χ3v) is 8.56. The molecule has 3 aliphatic rings. The molecule has 3 aliphatic carbocycles. The van der Waals surface area contributed by atoms with E-state index < -0.39 is 0 Å². The van der Waals surface area contributed by atoms with Gasteiger partial charge >= 0.3 is 0 Å². The quantitative estimate of drug-likeness (QED) is 0.725. The molecule has 3 saturated carbocycles. The van der Waals surface area contributed by atoms with Crippen molar-refractivity contribution >= 4 is 11.7 Å². The second-order valence-corrected chi connectivity index (χ2v) is 10.3. The lowest BCUT2D eigenvalue weighted by Gasteiger charge is -2.62. The van der Waals surface area contributed by atoms with Crippen molar-refractivity contribution < 1.29 is 19.8 Å². The molecule has 5 heteroatoms. The Morgan fingerprint density at radius 2 is 1.96 bits per heavy atom. The Bertz CT molecular complexity index is 670. The Morgan fingerprint density at radius 1 is 1.29 bits per heavy atom. The van der Waals surface area contributed by atoms with Crippen LogP contribution in [0.15, 0.2) is 11.6 Å². The van der Waals surface area contributed by atoms with E-state index in [0.29, 0.717) is 24.7 Å². The van der Waals surface area contributed by atoms with Crippen LogP contribution >= 0.6 is 0 Å². The first-order valence-corrected chi connectivity index (χ1v) is 10.8. The van der Waals surface area contributed by atoms with Crippen molar-refractivity contribution in [2.75, 3.05) is 20.2 Å². The molecule has 0 unspecified atom stereocenters. The predicted molar refractivity (Wildman–Crippen MR) is 108 cm³/mol. The summed E-state index contributed by atoms with van der Waals surface area (Å²) in [5.74, 6) is 0.803. The number of aliphatic hydroxyl groups is 2. The lowest BCUT2D eigenvalue weighted by molar-refractivity contribution is -0.172. The third-order valence-electron chi connectivity index (χ3n) is 8.56. The molecule has 158 valence electrons. The highest BCUT2D eigenvalue weighted by Crippen LogP contribution is 2.63. The summed E-state index contributed by atoms with van der Waals surface area (Å²) in [6, 6.07) is 0. The largest absolute Gasteiger partial charge is 0.395 e. The highest BCUT2D eigenvalue weighted by atomic mass is 16.3. The number of carbonyl (C=O) groups is 2. The molecule has 1 amide bonds. The van der Waals surface area contributed by atoms with Crippen molar-refractivity contribution in [1.82, 2.24) is 4.90 Å². The minimum Gasteiger partial charge on any atom is -0.395 e. The lowest BCUT2D eigenvalue weighted by atomic mass is 9.42. The summed E-state index contributed by atoms with van der Waals surface area (Å²) in [4.78, 5) is 27.2. The molecule has 0 bridgehead atoms. The van der Waals surface area contributed by atoms with Gasteiger partial charge in [0.1, 0.15) is 5.78 Å². The molecule has 2 N–H and O–H groups in total. The van der Waals surface area contributed by atoms with Crippen LogP contribution in [0.5, 0.6) is 0 Å². The summed E-state index contributed by atoms with van der Waals surface area (Å²) < 4.78 is 0. The number of ketones is 1. The van der Waals surface area contributed by atoms with Crippen LogP contribution in [-0.4, -0.2) is 53.1 Å². The number of allylic oxidation sites excluding steroid dienone is 1. The van der Waals surface area contributed by atoms with E-state index in [4.69, 9.17) is 5.11 Å². The Kier molecular flexibility index (Phi) is 5.81. The summed E-state index contributed by atoms with van der Waals surface area (Å²) in [7, 11) is 1.69. The highest BCUT2D eigenvalue weighted by molar-refractivity contribution is 5.89. The van der Waals surface area contributed by atoms with Crippen LogP contribution in [0.1, 0.15) is 59.8 Å². The Morgan fingerprint density at radius 3 is 2.61 bits per heavy atom. The Hall–Kier alpha value is -1.20. The average molecular weight is 392 g/mol. The zero-order valence-electron chi connectivity index (χ0n) is 18.1. The van der Waals surface area contributed by atoms with Gasteiger partial charge in [0.25, 0.3) is 0 Å². The Balaban J connectivity index is 1.87. The molecule has 0 heterocycles. The van der Waals surface area contributed by atoms with Gasteiger partial charge in [-0.25, -0.2) is 0 Å². The van der Waals surface area contributed by atoms with E-state index in [1.54, 1.807) is 13.1 Å². The second-order valence-electron chi connectivity index (χ2n) is 10.3. The minimum absolute atomic E-state index is 0.0248. The number of carbonyl (C=O) groups excluding carboxylic acids is 2. The van der Waals surface area contributed by atoms with Gasteiger partial charge in [-0.05, 0) is 54.3 Å². The number of rotatable bonds is 3. The van der Waals surface area contributed by atoms with Crippen molar-refractivity contribution in [3.8, 4) is 0 Å². The lowest BCUT2D eigenvalue weighted by Crippen LogP contribution is -2.60. The molecule has 3 fully saturated rings. The molecule has 0 aromatic rings. The van der Waals surface area contributed by atoms with Crippen LogP contribution in [0.4, 0.5) is 0 Å². The predicted octanol–water partition coefficient (Wildman–Crippen LogP) is 2.80. The van der Waals surface area contributed by atoms with Gasteiger partial charge in [-0.3, -0.25) is 9.59 Å². The van der Waals surface area contributed by atoms with Gasteiger partial charge in [-0.1, -0.05) is 33.3 Å². The number of nitrogens with zero attached hydrogens (tertiary/aromatic N) is 1. The number of Topliss-reactive ketones (excluding diaryl/α,β-unsaturated/α-hetero) is 1. The van der Waals surface area contributed by atoms with Gasteiger partial charge in [0.05, 0.1) is 12.7 Å². The van der Waals surface area contributed by atoms with Crippen LogP contribution in [0.25, 0.3) is 0 Å². The van der Waals surface area contributed by atoms with Crippen LogP contribution in [0, 0.1) is 34.5 Å². The summed E-state index contributed by atoms with van der Waals surface area (Å²) in [6.07, 6.45) is 5.46. The monoisotopic (exact) mass is 391 g/mol. The molecule has 6 atom stereocenters. The number of fused-ring (bicyclic) bond motifs is 3. The number of aliphatic hydroxyl groups excluding tert-OH is 2. The maximum absolute atomic E-state index is 13.3. The Labute approximate surface area is 169 Å². The van der Waals surface area contributed by atoms with E-state index in [0.717, 1.165) is 31.3 Å². The highest BCUT2D eigenvalue weighted by Gasteiger charge is 2.61. The maximum Gasteiger partial charge on any atom is 0.246 e. The molecule has 28 heavy (non-hydrogen) atoms. The topological polar surface area (TPSA) is 77.8 Å². The SMILES string of the molecule is C[C@H]1/C(=C/C(=O)N(C)CCO)CC[C@H]2[C@@H]1C(=O)C[C@H]1C(C)(C)[C@H](O)CC[C@]21C. The molecule has 0 aromatic heterocycles. The van der Waals surface area contributed by atoms with Gasteiger partial charge < -0.3 is 15.1 Å². The fourth-order valence-electron chi connectivity index (χ4n) is 6.64. The summed E-state index contributed by atoms with van der Waals surface area (Å²) in [5, 5.41) is 19.6. The third kappa shape index (κ3) is 3.35. The standard InChI is InChI=1S/C23H37NO4/c1-14-15(12-20(28)24(5)10-11-25)6-7-16-21(14)17(26)13-18-22(2,3)19(27)8-9-23(16,18)4/h12,14,16,18-19,21,25,27H,6-11,13H2,1-5H3/b15-12+/t14-,16-,18-,19+,21+,23+/m0/s1. The van der Waals surface area contributed by atoms with Crippen molar-refractivity contribution in [2.45, 2.75) is 65.9 Å². The van der Waals surface area contributed by atoms with Crippen LogP contribution in [0.3, 0.4) is 0 Å². The van der Waals surface area contributed by atoms with Gasteiger partial charge in [0.15, 0.2) is 0 Å². The molecule has 5 nitrogen and oxygen atoms in total. The van der Waals surface area contributed by atoms with Crippen LogP contribution < -0.4 is 0 Å². The molecule has 0 radical (unpaired) electrons. The minimum atomic E-state index is -0.342. The maximum atomic E-state index is 13.3. The average Bonchev–Trinajstić information content (AvgIpc) is 2.63. The zero-order chi connectivity index (χ0) is 20.9. The zero-order valence-corrected chi connectivity index (χ0v) is 18.1. The van der Waals surface area contributed by atoms with Gasteiger partial charge in [0, 0.05) is 32.0 Å². The van der Waals surface area contributed by atoms with E-state index in [2.05, 4.69) is 27.7 Å². The summed E-state index contributed by atoms with van der Waals surface area (Å²) in [6.45, 7) is 8.97. The molecule has 0 saturated heterocycles. The summed E-state index contributed by atoms with van der Waals surface area (Å²) >= 11 is 0. The summed E-state index contributed by atoms with van der Waals surface area (Å²) in [5.41, 5.74) is 0.899. The molecule has 0 spiro atoms. The number of amides is 1. The number of hydrogen-bond acceptors (Lipinski definition) is 4. The fourth-order valence-corrected chi connectivity index (χ4v) is 6.64. The molecular formula is C23H37NO4. The first kappa shape index (κ1) is 21.5. The van der Waals surface area contributed by atoms with Gasteiger partial charge in [-0.15, -0.1) is 0 Å². The second kappa shape index (κ2) is 7.56. The molecular weight excluding hydrogens is 354 g/mol. The van der Waals surface area contributed by atoms with Gasteiger partial charge in [0.2, 0.25) is 5.91 Å². The fraction of sp³-hybridized carbons (Fsp3) is 0.826.